The van der Waals surface area contributed by atoms with E-state index in [1.165, 1.54) is 0 Å². The minimum absolute atomic E-state index is 0.238. The Balaban J connectivity index is 3.44. The summed E-state index contributed by atoms with van der Waals surface area (Å²) in [6.45, 7) is 3.61. The summed E-state index contributed by atoms with van der Waals surface area (Å²) in [4.78, 5) is 10.4. The van der Waals surface area contributed by atoms with Gasteiger partial charge >= 0.3 is 11.8 Å². The van der Waals surface area contributed by atoms with Crippen molar-refractivity contribution in [3.05, 3.63) is 12.7 Å². The minimum Gasteiger partial charge on any atom is -0.265 e. The van der Waals surface area contributed by atoms with Crippen molar-refractivity contribution in [2.45, 2.75) is 57.3 Å². The molecular formula is C12H20F3NO. The van der Waals surface area contributed by atoms with Gasteiger partial charge in [-0.25, -0.2) is 0 Å². The lowest BCUT2D eigenvalue weighted by molar-refractivity contribution is -0.151. The first-order valence-corrected chi connectivity index (χ1v) is 5.94. The van der Waals surface area contributed by atoms with Crippen molar-refractivity contribution in [1.29, 1.82) is 0 Å². The summed E-state index contributed by atoms with van der Waals surface area (Å²) in [5.74, 6) is -5.43. The third kappa shape index (κ3) is 7.82. The predicted molar refractivity (Wildman–Crippen MR) is 61.3 cm³/mol. The van der Waals surface area contributed by atoms with Gasteiger partial charge in [-0.05, 0) is 19.3 Å². The molecule has 2 nitrogen and oxygen atoms in total. The lowest BCUT2D eigenvalue weighted by atomic mass is 10.1. The quantitative estimate of drug-likeness (QED) is 0.356. The highest BCUT2D eigenvalue weighted by atomic mass is 19.3. The molecule has 0 atom stereocenters. The normalized spacial score (nSPS) is 11.2. The molecule has 1 N–H and O–H groups in total. The molecule has 5 heteroatoms. The maximum Gasteiger partial charge on any atom is 0.327 e. The largest absolute Gasteiger partial charge is 0.327 e. The molecule has 0 saturated carbocycles. The molecule has 17 heavy (non-hydrogen) atoms. The molecule has 0 aromatic heterocycles. The van der Waals surface area contributed by atoms with E-state index in [2.05, 4.69) is 6.58 Å². The third-order valence-electron chi connectivity index (χ3n) is 2.57. The summed E-state index contributed by atoms with van der Waals surface area (Å²) in [5, 5.41) is 0. The second-order valence-electron chi connectivity index (χ2n) is 4.08. The van der Waals surface area contributed by atoms with Gasteiger partial charge in [0.2, 0.25) is 0 Å². The number of hydrogen-bond donors (Lipinski definition) is 1. The summed E-state index contributed by atoms with van der Waals surface area (Å²) in [5.41, 5.74) is 0.482. The van der Waals surface area contributed by atoms with Crippen molar-refractivity contribution >= 4 is 5.91 Å². The van der Waals surface area contributed by atoms with Gasteiger partial charge in [-0.2, -0.15) is 14.3 Å². The van der Waals surface area contributed by atoms with Crippen LogP contribution in [0.3, 0.4) is 0 Å². The van der Waals surface area contributed by atoms with Gasteiger partial charge in [0.25, 0.3) is 0 Å². The Bertz CT molecular complexity index is 232. The number of carbonyl (C=O) groups excluding carboxylic acids is 1. The molecule has 0 fully saturated rings. The van der Waals surface area contributed by atoms with Gasteiger partial charge < -0.3 is 0 Å². The van der Waals surface area contributed by atoms with Gasteiger partial charge in [-0.3, -0.25) is 4.79 Å². The number of amides is 1. The van der Waals surface area contributed by atoms with Crippen LogP contribution < -0.4 is 5.54 Å². The van der Waals surface area contributed by atoms with Crippen molar-refractivity contribution in [2.75, 3.05) is 0 Å². The summed E-state index contributed by atoms with van der Waals surface area (Å²) in [6.07, 6.45) is 7.13. The molecule has 0 aliphatic rings. The van der Waals surface area contributed by atoms with Gasteiger partial charge in [-0.15, -0.1) is 11.1 Å². The number of rotatable bonds is 10. The highest BCUT2D eigenvalue weighted by molar-refractivity contribution is 5.82. The molecule has 0 bridgehead atoms. The van der Waals surface area contributed by atoms with Gasteiger partial charge in [0.05, 0.1) is 0 Å². The summed E-state index contributed by atoms with van der Waals surface area (Å²) >= 11 is 0. The van der Waals surface area contributed by atoms with E-state index in [1.54, 1.807) is 0 Å². The van der Waals surface area contributed by atoms with Crippen LogP contribution in [0.4, 0.5) is 13.3 Å². The highest BCUT2D eigenvalue weighted by Gasteiger charge is 2.37. The molecule has 100 valence electrons. The van der Waals surface area contributed by atoms with E-state index in [1.807, 2.05) is 6.08 Å². The molecule has 0 unspecified atom stereocenters. The van der Waals surface area contributed by atoms with Crippen molar-refractivity contribution in [3.8, 4) is 0 Å². The maximum absolute atomic E-state index is 12.8. The Hall–Kier alpha value is -1.00. The van der Waals surface area contributed by atoms with Crippen LogP contribution in [-0.2, 0) is 4.79 Å². The third-order valence-corrected chi connectivity index (χ3v) is 2.57. The average Bonchev–Trinajstić information content (AvgIpc) is 2.31. The van der Waals surface area contributed by atoms with E-state index < -0.39 is 18.3 Å². The summed E-state index contributed by atoms with van der Waals surface area (Å²) in [6, 6.07) is 0. The zero-order chi connectivity index (χ0) is 13.1. The predicted octanol–water partition coefficient (Wildman–Crippen LogP) is 3.93. The summed E-state index contributed by atoms with van der Waals surface area (Å²) in [7, 11) is 0. The van der Waals surface area contributed by atoms with E-state index in [0.29, 0.717) is 12.0 Å². The molecule has 0 heterocycles. The summed E-state index contributed by atoms with van der Waals surface area (Å²) < 4.78 is 37.2. The zero-order valence-corrected chi connectivity index (χ0v) is 9.98. The number of alkyl halides is 2. The van der Waals surface area contributed by atoms with E-state index in [9.17, 15) is 18.1 Å². The van der Waals surface area contributed by atoms with Gasteiger partial charge in [0.1, 0.15) is 0 Å². The van der Waals surface area contributed by atoms with Crippen LogP contribution in [0.1, 0.15) is 51.4 Å². The second-order valence-corrected chi connectivity index (χ2v) is 4.08. The van der Waals surface area contributed by atoms with Gasteiger partial charge in [0, 0.05) is 6.42 Å². The lowest BCUT2D eigenvalue weighted by Gasteiger charge is -2.12. The number of nitrogens with one attached hydrogen (secondary N) is 1. The number of hydrogen-bond acceptors (Lipinski definition) is 1. The zero-order valence-electron chi connectivity index (χ0n) is 9.98. The van der Waals surface area contributed by atoms with Crippen molar-refractivity contribution in [3.63, 3.8) is 0 Å². The molecule has 0 aliphatic carbocycles. The van der Waals surface area contributed by atoms with Crippen LogP contribution in [-0.4, -0.2) is 11.8 Å². The van der Waals surface area contributed by atoms with E-state index in [-0.39, 0.29) is 6.42 Å². The number of carbonyl (C=O) groups is 1. The molecule has 0 spiro atoms. The fourth-order valence-electron chi connectivity index (χ4n) is 1.53. The first kappa shape index (κ1) is 16.0. The number of allylic oxidation sites excluding steroid dienone is 1. The van der Waals surface area contributed by atoms with E-state index in [0.717, 1.165) is 32.1 Å². The number of halogens is 3. The van der Waals surface area contributed by atoms with Crippen LogP contribution in [0.15, 0.2) is 12.7 Å². The fourth-order valence-corrected chi connectivity index (χ4v) is 1.53. The van der Waals surface area contributed by atoms with E-state index >= 15 is 0 Å². The molecule has 0 radical (unpaired) electrons. The Morgan fingerprint density at radius 3 is 2.18 bits per heavy atom. The topological polar surface area (TPSA) is 29.1 Å². The molecule has 1 amide bonds. The Morgan fingerprint density at radius 1 is 1.12 bits per heavy atom. The van der Waals surface area contributed by atoms with Gasteiger partial charge in [0.15, 0.2) is 0 Å². The van der Waals surface area contributed by atoms with Crippen LogP contribution in [0.5, 0.6) is 0 Å². The molecule has 0 aromatic carbocycles. The molecule has 0 rings (SSSR count). The molecular weight excluding hydrogens is 231 g/mol. The monoisotopic (exact) mass is 251 g/mol. The Morgan fingerprint density at radius 2 is 1.65 bits per heavy atom. The Labute approximate surface area is 100 Å². The average molecular weight is 251 g/mol. The maximum atomic E-state index is 12.8. The minimum atomic E-state index is -3.59. The van der Waals surface area contributed by atoms with Crippen molar-refractivity contribution in [2.24, 2.45) is 0 Å². The van der Waals surface area contributed by atoms with Crippen LogP contribution in [0.25, 0.3) is 0 Å². The van der Waals surface area contributed by atoms with E-state index in [4.69, 9.17) is 0 Å². The van der Waals surface area contributed by atoms with Crippen LogP contribution >= 0.6 is 0 Å². The standard InChI is InChI=1S/C12H20F3NO/c1-2-3-4-5-6-7-8-9-10-12(13,14)11(17)16-15/h2H,1,3-10H2,(H,16,17). The first-order valence-electron chi connectivity index (χ1n) is 5.94. The lowest BCUT2D eigenvalue weighted by Crippen LogP contribution is -2.36. The number of unbranched alkanes of at least 4 members (excludes halogenated alkanes) is 6. The van der Waals surface area contributed by atoms with Crippen molar-refractivity contribution < 1.29 is 18.1 Å². The Kier molecular flexibility index (Phi) is 8.54. The van der Waals surface area contributed by atoms with Gasteiger partial charge in [-0.1, -0.05) is 31.8 Å². The smallest absolute Gasteiger partial charge is 0.265 e. The fraction of sp³-hybridized carbons (Fsp3) is 0.750. The molecule has 0 aliphatic heterocycles. The van der Waals surface area contributed by atoms with Crippen LogP contribution in [0, 0.1) is 0 Å². The van der Waals surface area contributed by atoms with Crippen molar-refractivity contribution in [1.82, 2.24) is 5.54 Å². The molecule has 0 aromatic rings. The van der Waals surface area contributed by atoms with Crippen LogP contribution in [0.2, 0.25) is 0 Å². The highest BCUT2D eigenvalue weighted by Crippen LogP contribution is 2.22. The second kappa shape index (κ2) is 9.07. The SMILES string of the molecule is C=CCCCCCCCCC(F)(F)C(=O)NF. The molecule has 0 saturated heterocycles. The first-order chi connectivity index (χ1) is 8.04.